The average Bonchev–Trinajstić information content (AvgIpc) is 2.79. The SMILES string of the molecule is CN1CCCc2cc(C(CNC(=O)c3ccc(C(F)(F)F)cc3)N3CCOCC3)ccc21. The Bertz CT molecular complexity index is 940. The Balaban J connectivity index is 1.51. The van der Waals surface area contributed by atoms with Crippen LogP contribution in [0, 0.1) is 0 Å². The lowest BCUT2D eigenvalue weighted by molar-refractivity contribution is -0.137. The van der Waals surface area contributed by atoms with Crippen LogP contribution < -0.4 is 10.2 Å². The summed E-state index contributed by atoms with van der Waals surface area (Å²) in [5, 5.41) is 2.93. The standard InChI is InChI=1S/C24H28F3N3O2/c1-29-10-2-3-18-15-19(6-9-21(18)29)22(30-11-13-32-14-12-30)16-28-23(31)17-4-7-20(8-5-17)24(25,26)27/h4-9,15,22H,2-3,10-14,16H2,1H3,(H,28,31). The van der Waals surface area contributed by atoms with E-state index in [2.05, 4.69) is 40.4 Å². The highest BCUT2D eigenvalue weighted by atomic mass is 19.4. The van der Waals surface area contributed by atoms with Gasteiger partial charge in [-0.3, -0.25) is 9.69 Å². The van der Waals surface area contributed by atoms with Crippen LogP contribution in [0.2, 0.25) is 0 Å². The first-order valence-corrected chi connectivity index (χ1v) is 10.9. The van der Waals surface area contributed by atoms with Gasteiger partial charge in [0.25, 0.3) is 5.91 Å². The van der Waals surface area contributed by atoms with Crippen molar-refractivity contribution in [1.82, 2.24) is 10.2 Å². The molecule has 4 rings (SSSR count). The predicted octanol–water partition coefficient (Wildman–Crippen LogP) is 3.89. The lowest BCUT2D eigenvalue weighted by atomic mass is 9.95. The summed E-state index contributed by atoms with van der Waals surface area (Å²) in [6.45, 7) is 4.21. The van der Waals surface area contributed by atoms with Gasteiger partial charge in [0.05, 0.1) is 24.8 Å². The Morgan fingerprint density at radius 2 is 1.81 bits per heavy atom. The average molecular weight is 448 g/mol. The van der Waals surface area contributed by atoms with E-state index in [4.69, 9.17) is 4.74 Å². The van der Waals surface area contributed by atoms with Gasteiger partial charge in [0, 0.05) is 44.5 Å². The number of morpholine rings is 1. The second-order valence-electron chi connectivity index (χ2n) is 8.36. The Labute approximate surface area is 186 Å². The first-order valence-electron chi connectivity index (χ1n) is 10.9. The molecule has 1 amide bonds. The Hall–Kier alpha value is -2.58. The number of halogens is 3. The van der Waals surface area contributed by atoms with Gasteiger partial charge in [0.15, 0.2) is 0 Å². The number of aryl methyl sites for hydroxylation is 1. The van der Waals surface area contributed by atoms with Crippen LogP contribution in [0.15, 0.2) is 42.5 Å². The molecule has 0 radical (unpaired) electrons. The van der Waals surface area contributed by atoms with Gasteiger partial charge in [0.1, 0.15) is 0 Å². The fourth-order valence-corrected chi connectivity index (χ4v) is 4.46. The van der Waals surface area contributed by atoms with Crippen molar-refractivity contribution in [2.75, 3.05) is 51.3 Å². The van der Waals surface area contributed by atoms with Crippen LogP contribution in [0.3, 0.4) is 0 Å². The summed E-state index contributed by atoms with van der Waals surface area (Å²) >= 11 is 0. The molecule has 0 saturated carbocycles. The summed E-state index contributed by atoms with van der Waals surface area (Å²) < 4.78 is 43.9. The van der Waals surface area contributed by atoms with E-state index in [1.165, 1.54) is 23.4 Å². The van der Waals surface area contributed by atoms with Crippen molar-refractivity contribution in [2.45, 2.75) is 25.1 Å². The van der Waals surface area contributed by atoms with Crippen LogP contribution in [-0.2, 0) is 17.3 Å². The highest BCUT2D eigenvalue weighted by Gasteiger charge is 2.30. The largest absolute Gasteiger partial charge is 0.416 e. The van der Waals surface area contributed by atoms with Gasteiger partial charge < -0.3 is 15.0 Å². The second kappa shape index (κ2) is 9.50. The third-order valence-electron chi connectivity index (χ3n) is 6.26. The Morgan fingerprint density at radius 1 is 1.09 bits per heavy atom. The minimum atomic E-state index is -4.42. The molecular formula is C24H28F3N3O2. The lowest BCUT2D eigenvalue weighted by Gasteiger charge is -2.36. The van der Waals surface area contributed by atoms with Crippen LogP contribution in [0.25, 0.3) is 0 Å². The summed E-state index contributed by atoms with van der Waals surface area (Å²) in [5.74, 6) is -0.380. The molecule has 1 unspecified atom stereocenters. The number of nitrogens with one attached hydrogen (secondary N) is 1. The van der Waals surface area contributed by atoms with Crippen molar-refractivity contribution in [3.63, 3.8) is 0 Å². The van der Waals surface area contributed by atoms with Crippen molar-refractivity contribution < 1.29 is 22.7 Å². The number of hydrogen-bond donors (Lipinski definition) is 1. The van der Waals surface area contributed by atoms with Crippen LogP contribution in [0.4, 0.5) is 18.9 Å². The molecule has 5 nitrogen and oxygen atoms in total. The van der Waals surface area contributed by atoms with E-state index < -0.39 is 11.7 Å². The Kier molecular flexibility index (Phi) is 6.71. The normalized spacial score (nSPS) is 18.2. The van der Waals surface area contributed by atoms with E-state index in [-0.39, 0.29) is 17.5 Å². The van der Waals surface area contributed by atoms with E-state index in [9.17, 15) is 18.0 Å². The van der Waals surface area contributed by atoms with E-state index in [1.807, 2.05) is 0 Å². The lowest BCUT2D eigenvalue weighted by Crippen LogP contribution is -2.44. The fourth-order valence-electron chi connectivity index (χ4n) is 4.46. The van der Waals surface area contributed by atoms with Gasteiger partial charge in [-0.25, -0.2) is 0 Å². The van der Waals surface area contributed by atoms with Crippen LogP contribution >= 0.6 is 0 Å². The number of alkyl halides is 3. The molecule has 0 bridgehead atoms. The van der Waals surface area contributed by atoms with E-state index in [0.29, 0.717) is 19.8 Å². The number of carbonyl (C=O) groups is 1. The zero-order valence-corrected chi connectivity index (χ0v) is 18.1. The molecule has 172 valence electrons. The first kappa shape index (κ1) is 22.6. The molecule has 1 fully saturated rings. The number of ether oxygens (including phenoxy) is 1. The van der Waals surface area contributed by atoms with Gasteiger partial charge in [0.2, 0.25) is 0 Å². The number of amides is 1. The van der Waals surface area contributed by atoms with Gasteiger partial charge >= 0.3 is 6.18 Å². The first-order chi connectivity index (χ1) is 15.3. The summed E-state index contributed by atoms with van der Waals surface area (Å²) in [4.78, 5) is 17.2. The van der Waals surface area contributed by atoms with Crippen molar-refractivity contribution in [1.29, 1.82) is 0 Å². The third kappa shape index (κ3) is 5.07. The maximum atomic E-state index is 12.8. The summed E-state index contributed by atoms with van der Waals surface area (Å²) in [5.41, 5.74) is 3.14. The minimum absolute atomic E-state index is 0.0326. The quantitative estimate of drug-likeness (QED) is 0.756. The minimum Gasteiger partial charge on any atom is -0.379 e. The van der Waals surface area contributed by atoms with Gasteiger partial charge in [-0.15, -0.1) is 0 Å². The number of rotatable bonds is 5. The van der Waals surface area contributed by atoms with Crippen molar-refractivity contribution in [2.24, 2.45) is 0 Å². The molecule has 1 saturated heterocycles. The van der Waals surface area contributed by atoms with Crippen molar-refractivity contribution in [3.05, 3.63) is 64.7 Å². The maximum Gasteiger partial charge on any atom is 0.416 e. The molecule has 2 aromatic rings. The molecule has 0 spiro atoms. The van der Waals surface area contributed by atoms with E-state index in [1.54, 1.807) is 0 Å². The van der Waals surface area contributed by atoms with E-state index in [0.717, 1.165) is 50.2 Å². The number of benzene rings is 2. The van der Waals surface area contributed by atoms with Crippen LogP contribution in [0.5, 0.6) is 0 Å². The molecule has 1 atom stereocenters. The molecule has 0 aromatic heterocycles. The summed E-state index contributed by atoms with van der Waals surface area (Å²) in [6.07, 6.45) is -2.28. The molecule has 2 heterocycles. The Morgan fingerprint density at radius 3 is 2.50 bits per heavy atom. The molecule has 1 N–H and O–H groups in total. The van der Waals surface area contributed by atoms with Gasteiger partial charge in [-0.05, 0) is 54.3 Å². The zero-order chi connectivity index (χ0) is 22.7. The number of fused-ring (bicyclic) bond motifs is 1. The van der Waals surface area contributed by atoms with Crippen LogP contribution in [-0.4, -0.2) is 57.2 Å². The molecule has 2 aliphatic heterocycles. The number of carbonyl (C=O) groups excluding carboxylic acids is 1. The third-order valence-corrected chi connectivity index (χ3v) is 6.26. The molecule has 8 heteroatoms. The maximum absolute atomic E-state index is 12.8. The smallest absolute Gasteiger partial charge is 0.379 e. The molecule has 2 aliphatic rings. The zero-order valence-electron chi connectivity index (χ0n) is 18.1. The molecule has 0 aliphatic carbocycles. The van der Waals surface area contributed by atoms with Crippen molar-refractivity contribution in [3.8, 4) is 0 Å². The summed E-state index contributed by atoms with van der Waals surface area (Å²) in [7, 11) is 2.10. The number of hydrogen-bond acceptors (Lipinski definition) is 4. The molecule has 32 heavy (non-hydrogen) atoms. The van der Waals surface area contributed by atoms with E-state index >= 15 is 0 Å². The highest BCUT2D eigenvalue weighted by Crippen LogP contribution is 2.31. The number of anilines is 1. The molecule has 2 aromatic carbocycles. The summed E-state index contributed by atoms with van der Waals surface area (Å²) in [6, 6.07) is 10.8. The predicted molar refractivity (Wildman–Crippen MR) is 117 cm³/mol. The monoisotopic (exact) mass is 447 g/mol. The fraction of sp³-hybridized carbons (Fsp3) is 0.458. The number of nitrogens with zero attached hydrogens (tertiary/aromatic N) is 2. The van der Waals surface area contributed by atoms with Gasteiger partial charge in [-0.1, -0.05) is 12.1 Å². The topological polar surface area (TPSA) is 44.8 Å². The molecular weight excluding hydrogens is 419 g/mol. The van der Waals surface area contributed by atoms with Crippen molar-refractivity contribution >= 4 is 11.6 Å². The second-order valence-corrected chi connectivity index (χ2v) is 8.36. The highest BCUT2D eigenvalue weighted by molar-refractivity contribution is 5.94. The van der Waals surface area contributed by atoms with Crippen LogP contribution in [0.1, 0.15) is 39.5 Å². The van der Waals surface area contributed by atoms with Gasteiger partial charge in [-0.2, -0.15) is 13.2 Å².